The van der Waals surface area contributed by atoms with E-state index >= 15 is 0 Å². The summed E-state index contributed by atoms with van der Waals surface area (Å²) >= 11 is 0. The average Bonchev–Trinajstić information content (AvgIpc) is 2.24. The van der Waals surface area contributed by atoms with Crippen molar-refractivity contribution in [3.8, 4) is 0 Å². The fourth-order valence-electron chi connectivity index (χ4n) is 1.58. The third-order valence-corrected chi connectivity index (χ3v) is 2.82. The van der Waals surface area contributed by atoms with Gasteiger partial charge in [0.1, 0.15) is 0 Å². The molecule has 0 amide bonds. The van der Waals surface area contributed by atoms with Crippen molar-refractivity contribution in [2.24, 2.45) is 5.41 Å². The summed E-state index contributed by atoms with van der Waals surface area (Å²) in [5, 5.41) is 12.1. The van der Waals surface area contributed by atoms with E-state index in [0.29, 0.717) is 6.54 Å². The van der Waals surface area contributed by atoms with Crippen LogP contribution in [0.3, 0.4) is 0 Å². The molecule has 2 N–H and O–H groups in total. The summed E-state index contributed by atoms with van der Waals surface area (Å²) < 4.78 is 0. The molecule has 0 aliphatic heterocycles. The van der Waals surface area contributed by atoms with Crippen LogP contribution < -0.4 is 5.32 Å². The Morgan fingerprint density at radius 3 is 2.71 bits per heavy atom. The molecule has 0 aliphatic rings. The maximum atomic E-state index is 10.9. The molecule has 0 fully saturated rings. The fraction of sp³-hybridized carbons (Fsp3) is 0.500. The monoisotopic (exact) mass is 235 g/mol. The van der Waals surface area contributed by atoms with Crippen LogP contribution in [0.4, 0.5) is 0 Å². The molecule has 0 unspecified atom stereocenters. The molecular formula is C14H21NO2. The normalized spacial score (nSPS) is 11.5. The van der Waals surface area contributed by atoms with Gasteiger partial charge in [-0.3, -0.25) is 4.79 Å². The van der Waals surface area contributed by atoms with E-state index in [4.69, 9.17) is 5.11 Å². The first-order chi connectivity index (χ1) is 7.92. The summed E-state index contributed by atoms with van der Waals surface area (Å²) in [4.78, 5) is 10.9. The van der Waals surface area contributed by atoms with Gasteiger partial charge in [-0.05, 0) is 39.3 Å². The Hall–Kier alpha value is -1.35. The predicted molar refractivity (Wildman–Crippen MR) is 69.2 cm³/mol. The lowest BCUT2D eigenvalue weighted by molar-refractivity contribution is -0.146. The Morgan fingerprint density at radius 2 is 2.12 bits per heavy atom. The highest BCUT2D eigenvalue weighted by atomic mass is 16.4. The van der Waals surface area contributed by atoms with E-state index in [2.05, 4.69) is 30.4 Å². The van der Waals surface area contributed by atoms with Crippen LogP contribution in [0.1, 0.15) is 25.0 Å². The summed E-state index contributed by atoms with van der Waals surface area (Å²) in [6.07, 6.45) is 0.928. The number of aliphatic carboxylic acids is 1. The Bertz CT molecular complexity index is 386. The van der Waals surface area contributed by atoms with Crippen molar-refractivity contribution in [3.63, 3.8) is 0 Å². The third-order valence-electron chi connectivity index (χ3n) is 2.82. The molecule has 0 aromatic heterocycles. The largest absolute Gasteiger partial charge is 0.481 e. The molecule has 17 heavy (non-hydrogen) atoms. The minimum absolute atomic E-state index is 0.494. The molecule has 94 valence electrons. The van der Waals surface area contributed by atoms with E-state index in [0.717, 1.165) is 13.0 Å². The topological polar surface area (TPSA) is 49.3 Å². The Balaban J connectivity index is 2.32. The molecule has 0 aliphatic carbocycles. The number of carboxylic acid groups (broad SMARTS) is 1. The van der Waals surface area contributed by atoms with E-state index in [9.17, 15) is 4.79 Å². The van der Waals surface area contributed by atoms with Crippen LogP contribution in [0.25, 0.3) is 0 Å². The molecule has 0 spiro atoms. The number of rotatable bonds is 6. The van der Waals surface area contributed by atoms with Gasteiger partial charge in [-0.1, -0.05) is 29.8 Å². The molecule has 1 rings (SSSR count). The summed E-state index contributed by atoms with van der Waals surface area (Å²) in [6, 6.07) is 8.37. The highest BCUT2D eigenvalue weighted by molar-refractivity contribution is 5.73. The SMILES string of the molecule is Cc1cccc(CCNCC(C)(C)C(=O)O)c1. The first kappa shape index (κ1) is 13.7. The minimum atomic E-state index is -0.763. The molecule has 0 radical (unpaired) electrons. The van der Waals surface area contributed by atoms with Crippen LogP contribution in [0, 0.1) is 12.3 Å². The van der Waals surface area contributed by atoms with Gasteiger partial charge >= 0.3 is 5.97 Å². The maximum Gasteiger partial charge on any atom is 0.310 e. The summed E-state index contributed by atoms with van der Waals surface area (Å²) in [5.41, 5.74) is 1.84. The van der Waals surface area contributed by atoms with Gasteiger partial charge in [0.2, 0.25) is 0 Å². The van der Waals surface area contributed by atoms with Crippen molar-refractivity contribution in [1.29, 1.82) is 0 Å². The Morgan fingerprint density at radius 1 is 1.41 bits per heavy atom. The minimum Gasteiger partial charge on any atom is -0.481 e. The van der Waals surface area contributed by atoms with Crippen LogP contribution >= 0.6 is 0 Å². The van der Waals surface area contributed by atoms with Crippen molar-refractivity contribution in [2.45, 2.75) is 27.2 Å². The molecule has 3 heteroatoms. The van der Waals surface area contributed by atoms with Crippen LogP contribution in [0.5, 0.6) is 0 Å². The molecule has 0 heterocycles. The van der Waals surface area contributed by atoms with Gasteiger partial charge in [-0.25, -0.2) is 0 Å². The molecule has 0 saturated heterocycles. The van der Waals surface area contributed by atoms with Crippen LogP contribution in [0.15, 0.2) is 24.3 Å². The Kier molecular flexibility index (Phi) is 4.70. The number of hydrogen-bond donors (Lipinski definition) is 2. The number of carbonyl (C=O) groups is 1. The molecular weight excluding hydrogens is 214 g/mol. The highest BCUT2D eigenvalue weighted by Crippen LogP contribution is 2.13. The van der Waals surface area contributed by atoms with Gasteiger partial charge in [-0.15, -0.1) is 0 Å². The van der Waals surface area contributed by atoms with Gasteiger partial charge < -0.3 is 10.4 Å². The lowest BCUT2D eigenvalue weighted by Gasteiger charge is -2.19. The van der Waals surface area contributed by atoms with Crippen molar-refractivity contribution in [1.82, 2.24) is 5.32 Å². The smallest absolute Gasteiger partial charge is 0.310 e. The molecule has 3 nitrogen and oxygen atoms in total. The van der Waals surface area contributed by atoms with Crippen molar-refractivity contribution < 1.29 is 9.90 Å². The van der Waals surface area contributed by atoms with E-state index in [1.54, 1.807) is 13.8 Å². The standard InChI is InChI=1S/C14H21NO2/c1-11-5-4-6-12(9-11)7-8-15-10-14(2,3)13(16)17/h4-6,9,15H,7-8,10H2,1-3H3,(H,16,17). The lowest BCUT2D eigenvalue weighted by Crippen LogP contribution is -2.36. The van der Waals surface area contributed by atoms with Crippen LogP contribution in [-0.2, 0) is 11.2 Å². The maximum absolute atomic E-state index is 10.9. The molecule has 0 saturated carbocycles. The van der Waals surface area contributed by atoms with Gasteiger partial charge in [0.15, 0.2) is 0 Å². The van der Waals surface area contributed by atoms with Gasteiger partial charge in [0, 0.05) is 6.54 Å². The first-order valence-electron chi connectivity index (χ1n) is 5.91. The summed E-state index contributed by atoms with van der Waals surface area (Å²) in [5.74, 6) is -0.763. The van der Waals surface area contributed by atoms with Crippen molar-refractivity contribution in [3.05, 3.63) is 35.4 Å². The van der Waals surface area contributed by atoms with E-state index in [1.807, 2.05) is 6.07 Å². The molecule has 0 bridgehead atoms. The number of aryl methyl sites for hydroxylation is 1. The molecule has 1 aromatic carbocycles. The summed E-state index contributed by atoms with van der Waals surface area (Å²) in [7, 11) is 0. The molecule has 1 aromatic rings. The van der Waals surface area contributed by atoms with E-state index < -0.39 is 11.4 Å². The quantitative estimate of drug-likeness (QED) is 0.743. The number of nitrogens with one attached hydrogen (secondary N) is 1. The third kappa shape index (κ3) is 4.57. The number of benzene rings is 1. The average molecular weight is 235 g/mol. The first-order valence-corrected chi connectivity index (χ1v) is 5.91. The van der Waals surface area contributed by atoms with E-state index in [1.165, 1.54) is 11.1 Å². The van der Waals surface area contributed by atoms with E-state index in [-0.39, 0.29) is 0 Å². The highest BCUT2D eigenvalue weighted by Gasteiger charge is 2.26. The number of carboxylic acids is 1. The van der Waals surface area contributed by atoms with Gasteiger partial charge in [-0.2, -0.15) is 0 Å². The van der Waals surface area contributed by atoms with Gasteiger partial charge in [0.05, 0.1) is 5.41 Å². The zero-order chi connectivity index (χ0) is 12.9. The summed E-state index contributed by atoms with van der Waals surface area (Å²) in [6.45, 7) is 6.84. The van der Waals surface area contributed by atoms with Crippen LogP contribution in [-0.4, -0.2) is 24.2 Å². The van der Waals surface area contributed by atoms with Gasteiger partial charge in [0.25, 0.3) is 0 Å². The van der Waals surface area contributed by atoms with Crippen molar-refractivity contribution >= 4 is 5.97 Å². The second-order valence-electron chi connectivity index (χ2n) is 5.10. The predicted octanol–water partition coefficient (Wildman–Crippen LogP) is 2.24. The van der Waals surface area contributed by atoms with Crippen LogP contribution in [0.2, 0.25) is 0 Å². The number of hydrogen-bond acceptors (Lipinski definition) is 2. The second-order valence-corrected chi connectivity index (χ2v) is 5.10. The molecule has 0 atom stereocenters. The zero-order valence-corrected chi connectivity index (χ0v) is 10.8. The van der Waals surface area contributed by atoms with Crippen molar-refractivity contribution in [2.75, 3.05) is 13.1 Å². The zero-order valence-electron chi connectivity index (χ0n) is 10.8. The lowest BCUT2D eigenvalue weighted by atomic mass is 9.94. The fourth-order valence-corrected chi connectivity index (χ4v) is 1.58. The second kappa shape index (κ2) is 5.82. The Labute approximate surface area is 103 Å².